The van der Waals surface area contributed by atoms with Gasteiger partial charge in [0.05, 0.1) is 5.60 Å². The zero-order chi connectivity index (χ0) is 16.5. The van der Waals surface area contributed by atoms with Gasteiger partial charge in [-0.15, -0.1) is 0 Å². The first-order valence-corrected chi connectivity index (χ1v) is 7.59. The Kier molecular flexibility index (Phi) is 5.01. The fraction of sp³-hybridized carbons (Fsp3) is 0.714. The van der Waals surface area contributed by atoms with E-state index in [2.05, 4.69) is 27.3 Å². The molecule has 0 saturated heterocycles. The second-order valence-corrected chi connectivity index (χ2v) is 7.55. The third-order valence-corrected chi connectivity index (χ3v) is 4.53. The van der Waals surface area contributed by atoms with E-state index in [1.807, 2.05) is 27.7 Å². The van der Waals surface area contributed by atoms with Crippen LogP contribution in [0.5, 0.6) is 5.88 Å². The van der Waals surface area contributed by atoms with Crippen LogP contribution in [0.2, 0.25) is 0 Å². The van der Waals surface area contributed by atoms with Crippen molar-refractivity contribution in [3.05, 3.63) is 12.0 Å². The number of ether oxygens (including phenoxy) is 1. The van der Waals surface area contributed by atoms with E-state index in [0.717, 1.165) is 12.8 Å². The molecule has 1 saturated carbocycles. The van der Waals surface area contributed by atoms with Crippen molar-refractivity contribution >= 4 is 25.6 Å². The van der Waals surface area contributed by atoms with Crippen LogP contribution in [0.1, 0.15) is 52.1 Å². The Labute approximate surface area is 135 Å². The third-order valence-electron chi connectivity index (χ3n) is 3.99. The third kappa shape index (κ3) is 4.10. The van der Waals surface area contributed by atoms with Gasteiger partial charge in [-0.2, -0.15) is 21.4 Å². The first-order chi connectivity index (χ1) is 10.1. The second kappa shape index (κ2) is 6.32. The number of aromatic nitrogens is 2. The highest BCUT2D eigenvalue weighted by Gasteiger charge is 2.37. The molecule has 4 nitrogen and oxygen atoms in total. The van der Waals surface area contributed by atoms with Gasteiger partial charge in [-0.25, -0.2) is 9.97 Å². The van der Waals surface area contributed by atoms with Gasteiger partial charge in [-0.1, -0.05) is 0 Å². The minimum atomic E-state index is -2.94. The number of thiol groups is 1. The number of rotatable bonds is 7. The van der Waals surface area contributed by atoms with Gasteiger partial charge in [0, 0.05) is 21.8 Å². The van der Waals surface area contributed by atoms with E-state index in [4.69, 9.17) is 4.65 Å². The summed E-state index contributed by atoms with van der Waals surface area (Å²) < 4.78 is 35.0. The molecular weight excluding hydrogens is 309 g/mol. The maximum atomic E-state index is 12.6. The lowest BCUT2D eigenvalue weighted by Crippen LogP contribution is -2.46. The molecule has 22 heavy (non-hydrogen) atoms. The first-order valence-electron chi connectivity index (χ1n) is 7.15. The molecular formula is C14H20BF2N2O2S. The van der Waals surface area contributed by atoms with Gasteiger partial charge in [0.2, 0.25) is 5.88 Å². The molecule has 8 heteroatoms. The number of hydrogen-bond donors (Lipinski definition) is 1. The normalized spacial score (nSPS) is 16.0. The fourth-order valence-electron chi connectivity index (χ4n) is 1.71. The lowest BCUT2D eigenvalue weighted by atomic mass is 9.82. The summed E-state index contributed by atoms with van der Waals surface area (Å²) in [5.41, 5.74) is 0.462. The van der Waals surface area contributed by atoms with E-state index in [0.29, 0.717) is 11.2 Å². The molecule has 0 spiro atoms. The van der Waals surface area contributed by atoms with Crippen molar-refractivity contribution in [3.63, 3.8) is 0 Å². The maximum Gasteiger partial charge on any atom is 0.388 e. The van der Waals surface area contributed by atoms with Gasteiger partial charge in [-0.3, -0.25) is 0 Å². The minimum absolute atomic E-state index is 0.153. The molecule has 0 bridgehead atoms. The largest absolute Gasteiger partial charge is 0.428 e. The molecule has 0 N–H and O–H groups in total. The molecule has 0 aromatic carbocycles. The van der Waals surface area contributed by atoms with Crippen molar-refractivity contribution in [1.29, 1.82) is 0 Å². The summed E-state index contributed by atoms with van der Waals surface area (Å²) in [7, 11) is 1.42. The lowest BCUT2D eigenvalue weighted by Gasteiger charge is -2.38. The number of nitrogens with zero attached hydrogens (tertiary/aromatic N) is 2. The summed E-state index contributed by atoms with van der Waals surface area (Å²) in [5, 5.41) is 0. The van der Waals surface area contributed by atoms with Crippen LogP contribution in [0.4, 0.5) is 8.78 Å². The average Bonchev–Trinajstić information content (AvgIpc) is 3.19. The van der Waals surface area contributed by atoms with E-state index in [1.54, 1.807) is 0 Å². The monoisotopic (exact) mass is 329 g/mol. The number of hydrogen-bond acceptors (Lipinski definition) is 5. The van der Waals surface area contributed by atoms with Crippen LogP contribution in [-0.4, -0.2) is 34.4 Å². The lowest BCUT2D eigenvalue weighted by molar-refractivity contribution is -0.0523. The molecule has 1 aromatic rings. The van der Waals surface area contributed by atoms with Crippen molar-refractivity contribution in [2.75, 3.05) is 0 Å². The Morgan fingerprint density at radius 2 is 1.91 bits per heavy atom. The molecule has 0 amide bonds. The quantitative estimate of drug-likeness (QED) is 0.617. The van der Waals surface area contributed by atoms with Gasteiger partial charge in [0.15, 0.2) is 0 Å². The van der Waals surface area contributed by atoms with Crippen LogP contribution in [0.25, 0.3) is 0 Å². The molecule has 1 radical (unpaired) electrons. The highest BCUT2D eigenvalue weighted by molar-refractivity contribution is 7.81. The van der Waals surface area contributed by atoms with Crippen LogP contribution in [-0.2, 0) is 4.65 Å². The van der Waals surface area contributed by atoms with E-state index < -0.39 is 17.0 Å². The summed E-state index contributed by atoms with van der Waals surface area (Å²) in [5.74, 6) is 0.102. The Morgan fingerprint density at radius 3 is 2.41 bits per heavy atom. The van der Waals surface area contributed by atoms with E-state index in [-0.39, 0.29) is 11.8 Å². The van der Waals surface area contributed by atoms with E-state index in [9.17, 15) is 8.78 Å². The SMILES string of the molecule is CC(C)(S)C(C)(C)O[B]c1c(OC(F)F)ncnc1C1CC1. The molecule has 1 aromatic heterocycles. The van der Waals surface area contributed by atoms with Crippen LogP contribution in [0, 0.1) is 0 Å². The van der Waals surface area contributed by atoms with Gasteiger partial charge < -0.3 is 9.39 Å². The standard InChI is InChI=1S/C14H20BF2N2O2S/c1-13(2,14(3,4)22)21-15-9-10(8-5-6-8)18-7-19-11(9)20-12(16)17/h7-8,12,22H,5-6H2,1-4H3. The molecule has 0 atom stereocenters. The molecule has 0 unspecified atom stereocenters. The minimum Gasteiger partial charge on any atom is -0.428 e. The van der Waals surface area contributed by atoms with Gasteiger partial charge in [0.1, 0.15) is 6.33 Å². The Hall–Kier alpha value is -0.885. The summed E-state index contributed by atoms with van der Waals surface area (Å²) >= 11 is 4.51. The summed E-state index contributed by atoms with van der Waals surface area (Å²) in [6, 6.07) is 0. The van der Waals surface area contributed by atoms with Crippen LogP contribution in [0.3, 0.4) is 0 Å². The smallest absolute Gasteiger partial charge is 0.388 e. The fourth-order valence-corrected chi connectivity index (χ4v) is 1.77. The Bertz CT molecular complexity index is 534. The maximum absolute atomic E-state index is 12.6. The topological polar surface area (TPSA) is 44.2 Å². The predicted octanol–water partition coefficient (Wildman–Crippen LogP) is 2.70. The van der Waals surface area contributed by atoms with Gasteiger partial charge >= 0.3 is 14.1 Å². The highest BCUT2D eigenvalue weighted by atomic mass is 32.1. The van der Waals surface area contributed by atoms with Crippen LogP contribution < -0.4 is 10.2 Å². The van der Waals surface area contributed by atoms with E-state index >= 15 is 0 Å². The predicted molar refractivity (Wildman–Crippen MR) is 84.3 cm³/mol. The summed E-state index contributed by atoms with van der Waals surface area (Å²) in [4.78, 5) is 8.01. The van der Waals surface area contributed by atoms with Crippen molar-refractivity contribution in [2.24, 2.45) is 0 Å². The van der Waals surface area contributed by atoms with Gasteiger partial charge in [-0.05, 0) is 40.5 Å². The Morgan fingerprint density at radius 1 is 1.27 bits per heavy atom. The zero-order valence-corrected chi connectivity index (χ0v) is 14.0. The molecule has 0 aliphatic heterocycles. The molecule has 1 heterocycles. The molecule has 1 aliphatic rings. The van der Waals surface area contributed by atoms with Crippen LogP contribution >= 0.6 is 12.6 Å². The van der Waals surface area contributed by atoms with Crippen LogP contribution in [0.15, 0.2) is 6.33 Å². The summed E-state index contributed by atoms with van der Waals surface area (Å²) in [6.45, 7) is 4.66. The molecule has 1 fully saturated rings. The number of alkyl halides is 2. The van der Waals surface area contributed by atoms with Gasteiger partial charge in [0.25, 0.3) is 0 Å². The summed E-state index contributed by atoms with van der Waals surface area (Å²) in [6.07, 6.45) is 3.21. The van der Waals surface area contributed by atoms with Crippen molar-refractivity contribution in [2.45, 2.75) is 63.4 Å². The first kappa shape index (κ1) is 17.5. The van der Waals surface area contributed by atoms with E-state index in [1.165, 1.54) is 13.8 Å². The molecule has 121 valence electrons. The number of halogens is 2. The zero-order valence-electron chi connectivity index (χ0n) is 13.1. The highest BCUT2D eigenvalue weighted by Crippen LogP contribution is 2.39. The second-order valence-electron chi connectivity index (χ2n) is 6.44. The van der Waals surface area contributed by atoms with Crippen molar-refractivity contribution < 1.29 is 18.2 Å². The molecule has 1 aliphatic carbocycles. The van der Waals surface area contributed by atoms with Crippen molar-refractivity contribution in [1.82, 2.24) is 9.97 Å². The molecule has 2 rings (SSSR count). The van der Waals surface area contributed by atoms with Crippen molar-refractivity contribution in [3.8, 4) is 5.88 Å². The Balaban J connectivity index is 2.24. The average molecular weight is 329 g/mol.